The quantitative estimate of drug-likeness (QED) is 0.642. The molecule has 29 heavy (non-hydrogen) atoms. The Bertz CT molecular complexity index is 1090. The summed E-state index contributed by atoms with van der Waals surface area (Å²) in [5, 5.41) is 0.221. The molecule has 0 aliphatic heterocycles. The van der Waals surface area contributed by atoms with Crippen molar-refractivity contribution in [3.05, 3.63) is 74.9 Å². The number of carbonyl (C=O) groups excluding carboxylic acids is 1. The van der Waals surface area contributed by atoms with E-state index >= 15 is 0 Å². The summed E-state index contributed by atoms with van der Waals surface area (Å²) in [5.41, 5.74) is 8.73. The van der Waals surface area contributed by atoms with E-state index in [9.17, 15) is 9.59 Å². The van der Waals surface area contributed by atoms with Crippen LogP contribution in [0.4, 0.5) is 5.82 Å². The highest BCUT2D eigenvalue weighted by Crippen LogP contribution is 2.25. The summed E-state index contributed by atoms with van der Waals surface area (Å²) in [6, 6.07) is 12.9. The highest BCUT2D eigenvalue weighted by Gasteiger charge is 2.18. The van der Waals surface area contributed by atoms with Gasteiger partial charge in [0.05, 0.1) is 12.2 Å². The molecule has 3 rings (SSSR count). The van der Waals surface area contributed by atoms with Crippen molar-refractivity contribution in [1.82, 2.24) is 14.5 Å². The van der Waals surface area contributed by atoms with Crippen LogP contribution >= 0.6 is 11.6 Å². The predicted molar refractivity (Wildman–Crippen MR) is 115 cm³/mol. The van der Waals surface area contributed by atoms with E-state index in [1.807, 2.05) is 50.2 Å². The molecule has 2 heterocycles. The highest BCUT2D eigenvalue weighted by molar-refractivity contribution is 6.31. The minimum atomic E-state index is -0.283. The number of Topliss-reactive ketones (excluding diaryl/α,β-unsaturated/α-hetero) is 1. The van der Waals surface area contributed by atoms with Crippen LogP contribution in [0.2, 0.25) is 5.15 Å². The van der Waals surface area contributed by atoms with Gasteiger partial charge in [0.1, 0.15) is 11.5 Å². The molecule has 0 saturated heterocycles. The van der Waals surface area contributed by atoms with E-state index in [2.05, 4.69) is 9.97 Å². The van der Waals surface area contributed by atoms with Crippen LogP contribution in [0, 0.1) is 6.92 Å². The number of aryl methyl sites for hydroxylation is 3. The standard InChI is InChI=1S/C22H23ClN4O2/c1-3-18-22(29)27(20(21(23)26-18)16-7-5-4-6-8-16)13-17(28)11-9-15-10-12-19(24)25-14(15)2/h4-8,10,12H,3,9,11,13H2,1-2H3,(H2,24,25). The van der Waals surface area contributed by atoms with Gasteiger partial charge in [-0.15, -0.1) is 0 Å². The fourth-order valence-corrected chi connectivity index (χ4v) is 3.56. The average Bonchev–Trinajstić information content (AvgIpc) is 2.70. The Labute approximate surface area is 174 Å². The molecule has 150 valence electrons. The summed E-state index contributed by atoms with van der Waals surface area (Å²) in [6.45, 7) is 3.65. The topological polar surface area (TPSA) is 90.9 Å². The van der Waals surface area contributed by atoms with Crippen LogP contribution in [0.3, 0.4) is 0 Å². The van der Waals surface area contributed by atoms with Gasteiger partial charge in [-0.2, -0.15) is 0 Å². The maximum atomic E-state index is 12.9. The zero-order valence-corrected chi connectivity index (χ0v) is 17.2. The number of ketones is 1. The zero-order chi connectivity index (χ0) is 21.0. The molecule has 0 amide bonds. The van der Waals surface area contributed by atoms with E-state index in [0.29, 0.717) is 30.0 Å². The van der Waals surface area contributed by atoms with Crippen LogP contribution in [0.25, 0.3) is 11.3 Å². The second-order valence-electron chi connectivity index (χ2n) is 6.83. The van der Waals surface area contributed by atoms with Crippen LogP contribution < -0.4 is 11.3 Å². The highest BCUT2D eigenvalue weighted by atomic mass is 35.5. The van der Waals surface area contributed by atoms with Crippen molar-refractivity contribution in [2.24, 2.45) is 0 Å². The normalized spacial score (nSPS) is 10.9. The van der Waals surface area contributed by atoms with Gasteiger partial charge in [0.15, 0.2) is 10.9 Å². The van der Waals surface area contributed by atoms with Crippen LogP contribution in [0.15, 0.2) is 47.3 Å². The van der Waals surface area contributed by atoms with E-state index < -0.39 is 0 Å². The van der Waals surface area contributed by atoms with Gasteiger partial charge in [-0.05, 0) is 31.4 Å². The second-order valence-corrected chi connectivity index (χ2v) is 7.19. The number of anilines is 1. The molecule has 0 unspecified atom stereocenters. The summed E-state index contributed by atoms with van der Waals surface area (Å²) >= 11 is 6.41. The minimum absolute atomic E-state index is 0.0558. The third kappa shape index (κ3) is 4.71. The lowest BCUT2D eigenvalue weighted by molar-refractivity contribution is -0.119. The lowest BCUT2D eigenvalue weighted by atomic mass is 10.1. The van der Waals surface area contributed by atoms with Crippen LogP contribution in [0.1, 0.15) is 30.3 Å². The molecule has 0 atom stereocenters. The predicted octanol–water partition coefficient (Wildman–Crippen LogP) is 3.61. The van der Waals surface area contributed by atoms with Gasteiger partial charge >= 0.3 is 0 Å². The summed E-state index contributed by atoms with van der Waals surface area (Å²) in [4.78, 5) is 34.1. The molecule has 0 saturated carbocycles. The van der Waals surface area contributed by atoms with E-state index in [1.54, 1.807) is 6.07 Å². The Balaban J connectivity index is 1.90. The smallest absolute Gasteiger partial charge is 0.273 e. The molecule has 0 radical (unpaired) electrons. The van der Waals surface area contributed by atoms with Crippen molar-refractivity contribution in [1.29, 1.82) is 0 Å². The summed E-state index contributed by atoms with van der Waals surface area (Å²) in [6.07, 6.45) is 1.26. The van der Waals surface area contributed by atoms with Gasteiger partial charge in [-0.25, -0.2) is 9.97 Å². The fourth-order valence-electron chi connectivity index (χ4n) is 3.24. The third-order valence-electron chi connectivity index (χ3n) is 4.80. The molecule has 0 aliphatic carbocycles. The van der Waals surface area contributed by atoms with Crippen molar-refractivity contribution < 1.29 is 4.79 Å². The Hall–Kier alpha value is -2.99. The molecular formula is C22H23ClN4O2. The molecule has 0 fully saturated rings. The number of rotatable bonds is 7. The van der Waals surface area contributed by atoms with Crippen LogP contribution in [-0.4, -0.2) is 20.3 Å². The second kappa shape index (κ2) is 9.01. The first-order chi connectivity index (χ1) is 13.9. The van der Waals surface area contributed by atoms with E-state index in [1.165, 1.54) is 4.57 Å². The number of halogens is 1. The van der Waals surface area contributed by atoms with Crippen molar-refractivity contribution in [2.75, 3.05) is 5.73 Å². The molecule has 0 spiro atoms. The van der Waals surface area contributed by atoms with Gasteiger partial charge in [0.2, 0.25) is 0 Å². The molecule has 0 aliphatic rings. The lowest BCUT2D eigenvalue weighted by Crippen LogP contribution is -2.30. The number of nitrogens with zero attached hydrogens (tertiary/aromatic N) is 3. The van der Waals surface area contributed by atoms with Gasteiger partial charge in [-0.1, -0.05) is 54.9 Å². The van der Waals surface area contributed by atoms with Gasteiger partial charge in [-0.3, -0.25) is 14.2 Å². The summed E-state index contributed by atoms with van der Waals surface area (Å²) in [7, 11) is 0. The SMILES string of the molecule is CCc1nc(Cl)c(-c2ccccc2)n(CC(=O)CCc2ccc(N)nc2C)c1=O. The largest absolute Gasteiger partial charge is 0.384 e. The Morgan fingerprint density at radius 2 is 1.86 bits per heavy atom. The number of benzene rings is 1. The van der Waals surface area contributed by atoms with E-state index in [-0.39, 0.29) is 29.5 Å². The fraction of sp³-hybridized carbons (Fsp3) is 0.273. The summed E-state index contributed by atoms with van der Waals surface area (Å²) in [5.74, 6) is 0.389. The first-order valence-corrected chi connectivity index (χ1v) is 9.86. The molecule has 7 heteroatoms. The van der Waals surface area contributed by atoms with Crippen LogP contribution in [-0.2, 0) is 24.2 Å². The number of aromatic nitrogens is 3. The lowest BCUT2D eigenvalue weighted by Gasteiger charge is -2.15. The molecular weight excluding hydrogens is 388 g/mol. The van der Waals surface area contributed by atoms with Crippen LogP contribution in [0.5, 0.6) is 0 Å². The van der Waals surface area contributed by atoms with Gasteiger partial charge in [0, 0.05) is 17.7 Å². The van der Waals surface area contributed by atoms with Gasteiger partial charge in [0.25, 0.3) is 5.56 Å². The molecule has 0 bridgehead atoms. The molecule has 2 N–H and O–H groups in total. The van der Waals surface area contributed by atoms with Gasteiger partial charge < -0.3 is 5.73 Å². The molecule has 2 aromatic heterocycles. The number of hydrogen-bond donors (Lipinski definition) is 1. The monoisotopic (exact) mass is 410 g/mol. The maximum absolute atomic E-state index is 12.9. The summed E-state index contributed by atoms with van der Waals surface area (Å²) < 4.78 is 1.44. The minimum Gasteiger partial charge on any atom is -0.384 e. The van der Waals surface area contributed by atoms with Crippen molar-refractivity contribution >= 4 is 23.2 Å². The molecule has 1 aromatic carbocycles. The Kier molecular flexibility index (Phi) is 6.44. The number of carbonyl (C=O) groups is 1. The first kappa shape index (κ1) is 20.7. The number of nitrogens with two attached hydrogens (primary N) is 1. The zero-order valence-electron chi connectivity index (χ0n) is 16.5. The first-order valence-electron chi connectivity index (χ1n) is 9.49. The maximum Gasteiger partial charge on any atom is 0.273 e. The number of nitrogen functional groups attached to an aromatic ring is 1. The molecule has 3 aromatic rings. The third-order valence-corrected chi connectivity index (χ3v) is 5.06. The average molecular weight is 411 g/mol. The van der Waals surface area contributed by atoms with Crippen molar-refractivity contribution in [3.63, 3.8) is 0 Å². The molecule has 6 nitrogen and oxygen atoms in total. The number of hydrogen-bond acceptors (Lipinski definition) is 5. The Morgan fingerprint density at radius 1 is 1.14 bits per heavy atom. The Morgan fingerprint density at radius 3 is 2.52 bits per heavy atom. The van der Waals surface area contributed by atoms with E-state index in [0.717, 1.165) is 16.8 Å². The number of pyridine rings is 1. The van der Waals surface area contributed by atoms with E-state index in [4.69, 9.17) is 17.3 Å². The van der Waals surface area contributed by atoms with Crippen molar-refractivity contribution in [3.8, 4) is 11.3 Å². The van der Waals surface area contributed by atoms with Crippen molar-refractivity contribution in [2.45, 2.75) is 39.7 Å².